The second-order valence-electron chi connectivity index (χ2n) is 6.29. The summed E-state index contributed by atoms with van der Waals surface area (Å²) in [5.74, 6) is -0.105. The molecule has 1 heterocycles. The summed E-state index contributed by atoms with van der Waals surface area (Å²) in [4.78, 5) is 26.9. The molecule has 1 unspecified atom stereocenters. The first kappa shape index (κ1) is 17.9. The second-order valence-corrected chi connectivity index (χ2v) is 6.29. The van der Waals surface area contributed by atoms with Gasteiger partial charge in [0.25, 0.3) is 5.56 Å². The van der Waals surface area contributed by atoms with Crippen LogP contribution in [0.1, 0.15) is 35.2 Å². The third kappa shape index (κ3) is 3.83. The first-order valence-corrected chi connectivity index (χ1v) is 8.58. The topological polar surface area (TPSA) is 64.1 Å². The van der Waals surface area contributed by atoms with Crippen LogP contribution in [-0.2, 0) is 18.1 Å². The van der Waals surface area contributed by atoms with E-state index in [-0.39, 0.29) is 18.2 Å². The molecule has 0 radical (unpaired) electrons. The van der Waals surface area contributed by atoms with Crippen LogP contribution >= 0.6 is 0 Å². The van der Waals surface area contributed by atoms with E-state index in [1.54, 1.807) is 6.92 Å². The molecule has 0 fully saturated rings. The van der Waals surface area contributed by atoms with E-state index < -0.39 is 5.69 Å². The van der Waals surface area contributed by atoms with Gasteiger partial charge in [-0.05, 0) is 18.1 Å². The Balaban J connectivity index is 1.92. The normalized spacial score (nSPS) is 12.1. The molecule has 3 rings (SSSR count). The van der Waals surface area contributed by atoms with Crippen LogP contribution in [0.25, 0.3) is 0 Å². The van der Waals surface area contributed by atoms with Gasteiger partial charge < -0.3 is 4.74 Å². The van der Waals surface area contributed by atoms with Gasteiger partial charge in [0.2, 0.25) is 0 Å². The summed E-state index contributed by atoms with van der Waals surface area (Å²) < 4.78 is 7.26. The minimum absolute atomic E-state index is 0.0812. The third-order valence-electron chi connectivity index (χ3n) is 4.52. The number of hydrogen-bond acceptors (Lipinski definition) is 3. The highest BCUT2D eigenvalue weighted by molar-refractivity contribution is 5.31. The average molecular weight is 350 g/mol. The summed E-state index contributed by atoms with van der Waals surface area (Å²) in [6.45, 7) is 4.20. The number of aromatic amines is 1. The molecule has 2 aromatic carbocycles. The lowest BCUT2D eigenvalue weighted by Crippen LogP contribution is -2.36. The van der Waals surface area contributed by atoms with Gasteiger partial charge in [0.15, 0.2) is 0 Å². The molecule has 0 aliphatic rings. The van der Waals surface area contributed by atoms with Gasteiger partial charge in [0.1, 0.15) is 6.73 Å². The fourth-order valence-corrected chi connectivity index (χ4v) is 3.10. The molecule has 1 atom stereocenters. The summed E-state index contributed by atoms with van der Waals surface area (Å²) in [5.41, 5.74) is 2.47. The highest BCUT2D eigenvalue weighted by Crippen LogP contribution is 2.24. The first-order valence-electron chi connectivity index (χ1n) is 8.58. The predicted molar refractivity (Wildman–Crippen MR) is 101 cm³/mol. The van der Waals surface area contributed by atoms with Crippen molar-refractivity contribution in [2.75, 3.05) is 0 Å². The Morgan fingerprint density at radius 2 is 1.62 bits per heavy atom. The van der Waals surface area contributed by atoms with Crippen molar-refractivity contribution in [2.45, 2.75) is 33.1 Å². The van der Waals surface area contributed by atoms with Crippen LogP contribution in [-0.4, -0.2) is 9.55 Å². The summed E-state index contributed by atoms with van der Waals surface area (Å²) in [6.07, 6.45) is 0. The Labute approximate surface area is 151 Å². The SMILES string of the molecule is Cc1c(C(C)c2ccccc2)n(COCc2ccccc2)c(=O)[nH]c1=O. The number of aromatic nitrogens is 2. The lowest BCUT2D eigenvalue weighted by molar-refractivity contribution is 0.0584. The van der Waals surface area contributed by atoms with Crippen molar-refractivity contribution in [1.29, 1.82) is 0 Å². The van der Waals surface area contributed by atoms with Gasteiger partial charge in [-0.1, -0.05) is 67.6 Å². The van der Waals surface area contributed by atoms with Gasteiger partial charge in [-0.3, -0.25) is 14.3 Å². The Hall–Kier alpha value is -2.92. The van der Waals surface area contributed by atoms with E-state index in [1.807, 2.05) is 67.6 Å². The Morgan fingerprint density at radius 1 is 1.00 bits per heavy atom. The quantitative estimate of drug-likeness (QED) is 0.743. The summed E-state index contributed by atoms with van der Waals surface area (Å²) >= 11 is 0. The second kappa shape index (κ2) is 7.97. The van der Waals surface area contributed by atoms with E-state index in [0.29, 0.717) is 17.9 Å². The lowest BCUT2D eigenvalue weighted by atomic mass is 9.95. The van der Waals surface area contributed by atoms with Crippen LogP contribution in [0.15, 0.2) is 70.3 Å². The highest BCUT2D eigenvalue weighted by Gasteiger charge is 2.19. The van der Waals surface area contributed by atoms with Crippen LogP contribution in [0.2, 0.25) is 0 Å². The smallest absolute Gasteiger partial charge is 0.330 e. The number of ether oxygens (including phenoxy) is 1. The van der Waals surface area contributed by atoms with E-state index in [0.717, 1.165) is 11.1 Å². The lowest BCUT2D eigenvalue weighted by Gasteiger charge is -2.20. The molecule has 0 amide bonds. The van der Waals surface area contributed by atoms with E-state index in [1.165, 1.54) is 4.57 Å². The maximum Gasteiger partial charge on any atom is 0.330 e. The number of nitrogens with zero attached hydrogens (tertiary/aromatic N) is 1. The molecule has 134 valence electrons. The van der Waals surface area contributed by atoms with Gasteiger partial charge >= 0.3 is 5.69 Å². The standard InChI is InChI=1S/C21H22N2O3/c1-15(18-11-7-4-8-12-18)19-16(2)20(24)22-21(25)23(19)14-26-13-17-9-5-3-6-10-17/h3-12,15H,13-14H2,1-2H3,(H,22,24,25). The Kier molecular flexibility index (Phi) is 5.49. The van der Waals surface area contributed by atoms with Gasteiger partial charge in [-0.25, -0.2) is 4.79 Å². The molecular formula is C21H22N2O3. The van der Waals surface area contributed by atoms with Crippen molar-refractivity contribution in [2.24, 2.45) is 0 Å². The number of hydrogen-bond donors (Lipinski definition) is 1. The monoisotopic (exact) mass is 350 g/mol. The Morgan fingerprint density at radius 3 is 2.27 bits per heavy atom. The van der Waals surface area contributed by atoms with Crippen molar-refractivity contribution >= 4 is 0 Å². The summed E-state index contributed by atoms with van der Waals surface area (Å²) in [5, 5.41) is 0. The number of nitrogens with one attached hydrogen (secondary N) is 1. The van der Waals surface area contributed by atoms with Gasteiger partial charge in [-0.15, -0.1) is 0 Å². The zero-order valence-corrected chi connectivity index (χ0v) is 14.9. The third-order valence-corrected chi connectivity index (χ3v) is 4.52. The van der Waals surface area contributed by atoms with Crippen molar-refractivity contribution in [3.8, 4) is 0 Å². The largest absolute Gasteiger partial charge is 0.356 e. The predicted octanol–water partition coefficient (Wildman–Crippen LogP) is 3.17. The van der Waals surface area contributed by atoms with Crippen molar-refractivity contribution in [3.63, 3.8) is 0 Å². The first-order chi connectivity index (χ1) is 12.6. The molecule has 26 heavy (non-hydrogen) atoms. The number of H-pyrrole nitrogens is 1. The number of rotatable bonds is 6. The molecule has 0 saturated heterocycles. The minimum Gasteiger partial charge on any atom is -0.356 e. The van der Waals surface area contributed by atoms with Crippen LogP contribution < -0.4 is 11.2 Å². The summed E-state index contributed by atoms with van der Waals surface area (Å²) in [6, 6.07) is 19.6. The zero-order chi connectivity index (χ0) is 18.5. The molecular weight excluding hydrogens is 328 g/mol. The molecule has 1 aromatic heterocycles. The van der Waals surface area contributed by atoms with Crippen molar-refractivity contribution in [1.82, 2.24) is 9.55 Å². The van der Waals surface area contributed by atoms with E-state index >= 15 is 0 Å². The molecule has 0 saturated carbocycles. The minimum atomic E-state index is -0.452. The maximum absolute atomic E-state index is 12.4. The highest BCUT2D eigenvalue weighted by atomic mass is 16.5. The van der Waals surface area contributed by atoms with Crippen LogP contribution in [0.3, 0.4) is 0 Å². The molecule has 0 spiro atoms. The molecule has 0 bridgehead atoms. The molecule has 0 aliphatic heterocycles. The van der Waals surface area contributed by atoms with E-state index in [9.17, 15) is 9.59 Å². The molecule has 0 aliphatic carbocycles. The van der Waals surface area contributed by atoms with Gasteiger partial charge in [0.05, 0.1) is 6.61 Å². The zero-order valence-electron chi connectivity index (χ0n) is 14.9. The van der Waals surface area contributed by atoms with Crippen molar-refractivity contribution < 1.29 is 4.74 Å². The fourth-order valence-electron chi connectivity index (χ4n) is 3.10. The van der Waals surface area contributed by atoms with Crippen LogP contribution in [0.5, 0.6) is 0 Å². The number of benzene rings is 2. The van der Waals surface area contributed by atoms with E-state index in [4.69, 9.17) is 4.74 Å². The molecule has 1 N–H and O–H groups in total. The van der Waals surface area contributed by atoms with Crippen molar-refractivity contribution in [3.05, 3.63) is 104 Å². The van der Waals surface area contributed by atoms with Crippen LogP contribution in [0.4, 0.5) is 0 Å². The molecule has 3 aromatic rings. The molecule has 5 heteroatoms. The van der Waals surface area contributed by atoms with Gasteiger partial charge in [-0.2, -0.15) is 0 Å². The Bertz CT molecular complexity index is 976. The fraction of sp³-hybridized carbons (Fsp3) is 0.238. The van der Waals surface area contributed by atoms with Crippen LogP contribution in [0, 0.1) is 6.92 Å². The average Bonchev–Trinajstić information content (AvgIpc) is 2.67. The van der Waals surface area contributed by atoms with Gasteiger partial charge in [0, 0.05) is 17.2 Å². The van der Waals surface area contributed by atoms with E-state index in [2.05, 4.69) is 4.98 Å². The summed E-state index contributed by atoms with van der Waals surface area (Å²) in [7, 11) is 0. The maximum atomic E-state index is 12.4. The molecule has 5 nitrogen and oxygen atoms in total.